The number of anilines is 1. The molecule has 2 aromatic rings. The third-order valence-electron chi connectivity index (χ3n) is 2.41. The van der Waals surface area contributed by atoms with E-state index in [1.54, 1.807) is 25.1 Å². The van der Waals surface area contributed by atoms with E-state index in [1.807, 2.05) is 30.3 Å². The Morgan fingerprint density at radius 3 is 2.94 bits per heavy atom. The standard InChI is InChI=1S/C13H13ClN2OS/c1-17-12-5-4-10(14)7-9(12)8-18-13-11(15)3-2-6-16-13/h2-7H,8,15H2,1H3. The summed E-state index contributed by atoms with van der Waals surface area (Å²) in [4.78, 5) is 4.24. The van der Waals surface area contributed by atoms with Crippen molar-refractivity contribution in [2.24, 2.45) is 0 Å². The van der Waals surface area contributed by atoms with Crippen molar-refractivity contribution in [3.63, 3.8) is 0 Å². The van der Waals surface area contributed by atoms with E-state index in [1.165, 1.54) is 0 Å². The van der Waals surface area contributed by atoms with Crippen LogP contribution in [0.4, 0.5) is 5.69 Å². The number of hydrogen-bond donors (Lipinski definition) is 1. The summed E-state index contributed by atoms with van der Waals surface area (Å²) in [6.45, 7) is 0. The van der Waals surface area contributed by atoms with Crippen LogP contribution >= 0.6 is 23.4 Å². The van der Waals surface area contributed by atoms with E-state index in [0.717, 1.165) is 16.3 Å². The number of benzene rings is 1. The summed E-state index contributed by atoms with van der Waals surface area (Å²) in [5.41, 5.74) is 7.56. The fourth-order valence-corrected chi connectivity index (χ4v) is 2.61. The van der Waals surface area contributed by atoms with Gasteiger partial charge in [-0.15, -0.1) is 0 Å². The minimum Gasteiger partial charge on any atom is -0.496 e. The summed E-state index contributed by atoms with van der Waals surface area (Å²) >= 11 is 7.55. The zero-order valence-corrected chi connectivity index (χ0v) is 11.5. The molecular weight excluding hydrogens is 268 g/mol. The molecule has 0 atom stereocenters. The summed E-state index contributed by atoms with van der Waals surface area (Å²) in [5, 5.41) is 1.51. The van der Waals surface area contributed by atoms with Gasteiger partial charge in [-0.25, -0.2) is 4.98 Å². The van der Waals surface area contributed by atoms with Crippen LogP contribution in [0.1, 0.15) is 5.56 Å². The average molecular weight is 281 g/mol. The number of halogens is 1. The Balaban J connectivity index is 2.15. The van der Waals surface area contributed by atoms with Gasteiger partial charge in [-0.05, 0) is 30.3 Å². The number of nitrogens with zero attached hydrogens (tertiary/aromatic N) is 1. The monoisotopic (exact) mass is 280 g/mol. The molecule has 0 saturated heterocycles. The number of hydrogen-bond acceptors (Lipinski definition) is 4. The second-order valence-electron chi connectivity index (χ2n) is 3.64. The van der Waals surface area contributed by atoms with Crippen molar-refractivity contribution in [1.82, 2.24) is 4.98 Å². The normalized spacial score (nSPS) is 10.3. The van der Waals surface area contributed by atoms with Crippen molar-refractivity contribution in [1.29, 1.82) is 0 Å². The van der Waals surface area contributed by atoms with Crippen LogP contribution in [0.3, 0.4) is 0 Å². The number of pyridine rings is 1. The van der Waals surface area contributed by atoms with Gasteiger partial charge >= 0.3 is 0 Å². The molecule has 0 amide bonds. The maximum Gasteiger partial charge on any atom is 0.123 e. The molecular formula is C13H13ClN2OS. The lowest BCUT2D eigenvalue weighted by atomic mass is 10.2. The van der Waals surface area contributed by atoms with E-state index in [0.29, 0.717) is 16.5 Å². The predicted octanol–water partition coefficient (Wildman–Crippen LogP) is 3.62. The van der Waals surface area contributed by atoms with Crippen LogP contribution < -0.4 is 10.5 Å². The third-order valence-corrected chi connectivity index (χ3v) is 3.71. The highest BCUT2D eigenvalue weighted by molar-refractivity contribution is 7.98. The molecule has 0 bridgehead atoms. The molecule has 3 nitrogen and oxygen atoms in total. The Labute approximate surface area is 115 Å². The largest absolute Gasteiger partial charge is 0.496 e. The fourth-order valence-electron chi connectivity index (χ4n) is 1.53. The predicted molar refractivity (Wildman–Crippen MR) is 76.2 cm³/mol. The van der Waals surface area contributed by atoms with Gasteiger partial charge in [-0.1, -0.05) is 23.4 Å². The Morgan fingerprint density at radius 1 is 1.39 bits per heavy atom. The molecule has 0 aliphatic rings. The summed E-state index contributed by atoms with van der Waals surface area (Å²) in [7, 11) is 1.65. The Hall–Kier alpha value is -1.39. The van der Waals surface area contributed by atoms with E-state index >= 15 is 0 Å². The van der Waals surface area contributed by atoms with Crippen LogP contribution in [0.2, 0.25) is 5.02 Å². The van der Waals surface area contributed by atoms with Crippen LogP contribution in [0.25, 0.3) is 0 Å². The topological polar surface area (TPSA) is 48.1 Å². The molecule has 94 valence electrons. The van der Waals surface area contributed by atoms with Gasteiger partial charge in [0.15, 0.2) is 0 Å². The molecule has 1 aromatic carbocycles. The summed E-state index contributed by atoms with van der Waals surface area (Å²) in [6, 6.07) is 9.22. The van der Waals surface area contributed by atoms with Crippen LogP contribution in [-0.4, -0.2) is 12.1 Å². The van der Waals surface area contributed by atoms with Crippen molar-refractivity contribution in [3.8, 4) is 5.75 Å². The van der Waals surface area contributed by atoms with E-state index in [2.05, 4.69) is 4.98 Å². The number of ether oxygens (including phenoxy) is 1. The van der Waals surface area contributed by atoms with Gasteiger partial charge in [0.2, 0.25) is 0 Å². The second kappa shape index (κ2) is 5.98. The molecule has 1 aromatic heterocycles. The highest BCUT2D eigenvalue weighted by atomic mass is 35.5. The molecule has 5 heteroatoms. The van der Waals surface area contributed by atoms with Gasteiger partial charge in [0.05, 0.1) is 12.8 Å². The van der Waals surface area contributed by atoms with Gasteiger partial charge in [-0.3, -0.25) is 0 Å². The summed E-state index contributed by atoms with van der Waals surface area (Å²) in [6.07, 6.45) is 1.73. The van der Waals surface area contributed by atoms with Gasteiger partial charge in [0.1, 0.15) is 10.8 Å². The second-order valence-corrected chi connectivity index (χ2v) is 5.04. The first-order valence-corrected chi connectivity index (χ1v) is 6.73. The molecule has 0 radical (unpaired) electrons. The zero-order chi connectivity index (χ0) is 13.0. The first-order valence-electron chi connectivity index (χ1n) is 5.36. The van der Waals surface area contributed by atoms with Crippen molar-refractivity contribution < 1.29 is 4.74 Å². The SMILES string of the molecule is COc1ccc(Cl)cc1CSc1ncccc1N. The first kappa shape index (κ1) is 13.1. The van der Waals surface area contributed by atoms with E-state index in [-0.39, 0.29) is 0 Å². The zero-order valence-electron chi connectivity index (χ0n) is 9.89. The maximum absolute atomic E-state index is 5.98. The van der Waals surface area contributed by atoms with Gasteiger partial charge in [-0.2, -0.15) is 0 Å². The minimum atomic E-state index is 0.684. The molecule has 2 rings (SSSR count). The maximum atomic E-state index is 5.98. The molecule has 1 heterocycles. The lowest BCUT2D eigenvalue weighted by molar-refractivity contribution is 0.411. The van der Waals surface area contributed by atoms with Crippen LogP contribution in [0.15, 0.2) is 41.6 Å². The van der Waals surface area contributed by atoms with E-state index in [9.17, 15) is 0 Å². The average Bonchev–Trinajstić information content (AvgIpc) is 2.38. The highest BCUT2D eigenvalue weighted by Gasteiger charge is 2.07. The van der Waals surface area contributed by atoms with Gasteiger partial charge < -0.3 is 10.5 Å². The number of methoxy groups -OCH3 is 1. The quantitative estimate of drug-likeness (QED) is 0.869. The number of aromatic nitrogens is 1. The molecule has 18 heavy (non-hydrogen) atoms. The van der Waals surface area contributed by atoms with Crippen molar-refractivity contribution >= 4 is 29.1 Å². The van der Waals surface area contributed by atoms with E-state index < -0.39 is 0 Å². The number of nitrogens with two attached hydrogens (primary N) is 1. The lowest BCUT2D eigenvalue weighted by Gasteiger charge is -2.09. The number of thioether (sulfide) groups is 1. The molecule has 0 spiro atoms. The highest BCUT2D eigenvalue weighted by Crippen LogP contribution is 2.31. The Morgan fingerprint density at radius 2 is 2.22 bits per heavy atom. The van der Waals surface area contributed by atoms with Crippen molar-refractivity contribution in [2.45, 2.75) is 10.8 Å². The molecule has 0 fully saturated rings. The van der Waals surface area contributed by atoms with Crippen LogP contribution in [0, 0.1) is 0 Å². The summed E-state index contributed by atoms with van der Waals surface area (Å²) < 4.78 is 5.30. The van der Waals surface area contributed by atoms with Crippen LogP contribution in [-0.2, 0) is 5.75 Å². The molecule has 0 saturated carbocycles. The molecule has 0 aliphatic heterocycles. The minimum absolute atomic E-state index is 0.684. The smallest absolute Gasteiger partial charge is 0.123 e. The number of nitrogen functional groups attached to an aromatic ring is 1. The van der Waals surface area contributed by atoms with Gasteiger partial charge in [0, 0.05) is 22.5 Å². The molecule has 0 aliphatic carbocycles. The molecule has 2 N–H and O–H groups in total. The van der Waals surface area contributed by atoms with E-state index in [4.69, 9.17) is 22.1 Å². The van der Waals surface area contributed by atoms with Crippen molar-refractivity contribution in [2.75, 3.05) is 12.8 Å². The van der Waals surface area contributed by atoms with Gasteiger partial charge in [0.25, 0.3) is 0 Å². The first-order chi connectivity index (χ1) is 8.70. The Bertz CT molecular complexity index is 548. The number of rotatable bonds is 4. The Kier molecular flexibility index (Phi) is 4.33. The van der Waals surface area contributed by atoms with Crippen molar-refractivity contribution in [3.05, 3.63) is 47.1 Å². The summed E-state index contributed by atoms with van der Waals surface area (Å²) in [5.74, 6) is 1.53. The fraction of sp³-hybridized carbons (Fsp3) is 0.154. The lowest BCUT2D eigenvalue weighted by Crippen LogP contribution is -1.93. The molecule has 0 unspecified atom stereocenters. The van der Waals surface area contributed by atoms with Crippen LogP contribution in [0.5, 0.6) is 5.75 Å². The third kappa shape index (κ3) is 3.09.